The Morgan fingerprint density at radius 3 is 2.31 bits per heavy atom. The summed E-state index contributed by atoms with van der Waals surface area (Å²) >= 11 is 0. The van der Waals surface area contributed by atoms with Gasteiger partial charge in [0.1, 0.15) is 5.75 Å². The molecule has 0 aliphatic carbocycles. The second-order valence-electron chi connectivity index (χ2n) is 8.45. The number of nitrogens with zero attached hydrogens (tertiary/aromatic N) is 2. The molecule has 198 valence electrons. The van der Waals surface area contributed by atoms with Crippen molar-refractivity contribution in [3.05, 3.63) is 59.7 Å². The van der Waals surface area contributed by atoms with Gasteiger partial charge in [-0.3, -0.25) is 4.79 Å². The third-order valence-corrected chi connectivity index (χ3v) is 5.65. The van der Waals surface area contributed by atoms with E-state index < -0.39 is 37.1 Å². The second-order valence-corrected chi connectivity index (χ2v) is 8.45. The van der Waals surface area contributed by atoms with Crippen LogP contribution < -0.4 is 9.64 Å². The number of hydrogen-bond acceptors (Lipinski definition) is 4. The van der Waals surface area contributed by atoms with Crippen molar-refractivity contribution in [2.45, 2.75) is 50.6 Å². The van der Waals surface area contributed by atoms with Crippen LogP contribution in [0.2, 0.25) is 0 Å². The number of likely N-dealkylation sites (tertiary alicyclic amines) is 1. The third kappa shape index (κ3) is 7.25. The maximum atomic E-state index is 13.3. The molecule has 2 aromatic rings. The van der Waals surface area contributed by atoms with Gasteiger partial charge in [0, 0.05) is 30.9 Å². The maximum Gasteiger partial charge on any atom is 0.461 e. The Hall–Kier alpha value is -3.02. The van der Waals surface area contributed by atoms with Gasteiger partial charge in [-0.15, -0.1) is 0 Å². The summed E-state index contributed by atoms with van der Waals surface area (Å²) in [7, 11) is 0. The highest BCUT2D eigenvalue weighted by Gasteiger charge is 2.44. The van der Waals surface area contributed by atoms with Gasteiger partial charge in [-0.1, -0.05) is 18.2 Å². The van der Waals surface area contributed by atoms with Gasteiger partial charge in [0.05, 0.1) is 6.54 Å². The normalized spacial score (nSPS) is 15.6. The zero-order chi connectivity index (χ0) is 26.5. The summed E-state index contributed by atoms with van der Waals surface area (Å²) in [6.45, 7) is -0.125. The van der Waals surface area contributed by atoms with Gasteiger partial charge in [-0.05, 0) is 55.2 Å². The molecule has 0 aromatic heterocycles. The van der Waals surface area contributed by atoms with E-state index in [4.69, 9.17) is 0 Å². The van der Waals surface area contributed by atoms with Gasteiger partial charge in [0.25, 0.3) is 5.91 Å². The lowest BCUT2D eigenvalue weighted by atomic mass is 10.1. The molecule has 1 saturated heterocycles. The molecule has 2 aromatic carbocycles. The highest BCUT2D eigenvalue weighted by Crippen LogP contribution is 2.30. The molecular formula is C24H25F7N2O3. The lowest BCUT2D eigenvalue weighted by Gasteiger charge is -2.30. The number of hydrogen-bond donors (Lipinski definition) is 1. The Balaban J connectivity index is 1.88. The zero-order valence-corrected chi connectivity index (χ0v) is 19.0. The van der Waals surface area contributed by atoms with Crippen LogP contribution in [0.15, 0.2) is 48.5 Å². The number of carbonyl (C=O) groups is 1. The zero-order valence-electron chi connectivity index (χ0n) is 19.0. The van der Waals surface area contributed by atoms with Crippen LogP contribution in [0.1, 0.15) is 35.2 Å². The standard InChI is InChI=1S/C24H25F7N2O3/c25-22(26)24(30,31)36-19-9-4-6-16(12-19)14-33(15-20(34)23(27,28)29)18-8-5-7-17(13-18)21(35)32-10-2-1-3-11-32/h4-9,12-13,20,22,34H,1-3,10-11,14-15H2. The van der Waals surface area contributed by atoms with Gasteiger partial charge in [-0.25, -0.2) is 0 Å². The predicted octanol–water partition coefficient (Wildman–Crippen LogP) is 5.48. The predicted molar refractivity (Wildman–Crippen MR) is 117 cm³/mol. The third-order valence-electron chi connectivity index (χ3n) is 5.65. The van der Waals surface area contributed by atoms with E-state index in [0.717, 1.165) is 36.3 Å². The van der Waals surface area contributed by atoms with E-state index in [1.54, 1.807) is 4.90 Å². The molecule has 1 heterocycles. The molecule has 1 N–H and O–H groups in total. The van der Waals surface area contributed by atoms with Crippen molar-refractivity contribution in [3.63, 3.8) is 0 Å². The van der Waals surface area contributed by atoms with Gasteiger partial charge in [0.2, 0.25) is 0 Å². The molecule has 0 radical (unpaired) electrons. The summed E-state index contributed by atoms with van der Waals surface area (Å²) in [5.41, 5.74) is 0.569. The Labute approximate surface area is 203 Å². The average molecular weight is 522 g/mol. The molecule has 3 rings (SSSR count). The molecule has 1 amide bonds. The Morgan fingerprint density at radius 1 is 1.00 bits per heavy atom. The first-order valence-corrected chi connectivity index (χ1v) is 11.2. The quantitative estimate of drug-likeness (QED) is 0.444. The van der Waals surface area contributed by atoms with Gasteiger partial charge in [-0.2, -0.15) is 30.7 Å². The fraction of sp³-hybridized carbons (Fsp3) is 0.458. The van der Waals surface area contributed by atoms with Crippen LogP contribution in [0.5, 0.6) is 5.75 Å². The second kappa shape index (κ2) is 11.4. The van der Waals surface area contributed by atoms with E-state index in [-0.39, 0.29) is 29.3 Å². The Kier molecular flexibility index (Phi) is 8.70. The summed E-state index contributed by atoms with van der Waals surface area (Å²) < 4.78 is 95.0. The number of aliphatic hydroxyl groups is 1. The van der Waals surface area contributed by atoms with Crippen LogP contribution in [0.25, 0.3) is 0 Å². The number of aliphatic hydroxyl groups excluding tert-OH is 1. The van der Waals surface area contributed by atoms with Crippen molar-refractivity contribution in [1.82, 2.24) is 4.90 Å². The van der Waals surface area contributed by atoms with E-state index in [9.17, 15) is 40.6 Å². The number of carbonyl (C=O) groups excluding carboxylic acids is 1. The van der Waals surface area contributed by atoms with Crippen LogP contribution in [0, 0.1) is 0 Å². The van der Waals surface area contributed by atoms with Crippen molar-refractivity contribution < 1.29 is 45.4 Å². The van der Waals surface area contributed by atoms with E-state index in [1.807, 2.05) is 0 Å². The van der Waals surface area contributed by atoms with Gasteiger partial charge in [0.15, 0.2) is 6.10 Å². The smallest absolute Gasteiger partial charge is 0.428 e. The highest BCUT2D eigenvalue weighted by molar-refractivity contribution is 5.95. The minimum atomic E-state index is -4.94. The molecule has 0 saturated carbocycles. The molecule has 0 bridgehead atoms. The molecule has 12 heteroatoms. The van der Waals surface area contributed by atoms with Crippen LogP contribution in [-0.4, -0.2) is 60.4 Å². The van der Waals surface area contributed by atoms with E-state index in [1.165, 1.54) is 36.4 Å². The summed E-state index contributed by atoms with van der Waals surface area (Å²) in [6, 6.07) is 10.5. The molecule has 1 aliphatic heterocycles. The molecular weight excluding hydrogens is 497 g/mol. The fourth-order valence-electron chi connectivity index (χ4n) is 3.82. The SMILES string of the molecule is O=C(c1cccc(N(Cc2cccc(OC(F)(F)C(F)F)c2)CC(O)C(F)(F)F)c1)N1CCCCC1. The highest BCUT2D eigenvalue weighted by atomic mass is 19.4. The molecule has 1 atom stereocenters. The number of halogens is 7. The van der Waals surface area contributed by atoms with Gasteiger partial charge < -0.3 is 19.6 Å². The number of rotatable bonds is 9. The summed E-state index contributed by atoms with van der Waals surface area (Å²) in [5.74, 6) is -0.888. The molecule has 1 fully saturated rings. The summed E-state index contributed by atoms with van der Waals surface area (Å²) in [4.78, 5) is 15.7. The number of ether oxygens (including phenoxy) is 1. The molecule has 36 heavy (non-hydrogen) atoms. The van der Waals surface area contributed by atoms with Crippen LogP contribution in [0.4, 0.5) is 36.4 Å². The minimum Gasteiger partial charge on any atom is -0.428 e. The van der Waals surface area contributed by atoms with E-state index in [2.05, 4.69) is 4.74 Å². The van der Waals surface area contributed by atoms with Crippen molar-refractivity contribution in [2.24, 2.45) is 0 Å². The Morgan fingerprint density at radius 2 is 1.67 bits per heavy atom. The van der Waals surface area contributed by atoms with Gasteiger partial charge >= 0.3 is 18.7 Å². The van der Waals surface area contributed by atoms with Crippen molar-refractivity contribution in [1.29, 1.82) is 0 Å². The Bertz CT molecular complexity index is 1030. The first-order chi connectivity index (χ1) is 16.9. The summed E-state index contributed by atoms with van der Waals surface area (Å²) in [5, 5.41) is 9.70. The first-order valence-electron chi connectivity index (χ1n) is 11.2. The number of benzene rings is 2. The first kappa shape index (κ1) is 27.6. The number of alkyl halides is 7. The van der Waals surface area contributed by atoms with Crippen molar-refractivity contribution in [2.75, 3.05) is 24.5 Å². The maximum absolute atomic E-state index is 13.3. The van der Waals surface area contributed by atoms with Crippen LogP contribution in [-0.2, 0) is 6.54 Å². The lowest BCUT2D eigenvalue weighted by Crippen LogP contribution is -2.41. The topological polar surface area (TPSA) is 53.0 Å². The number of anilines is 1. The van der Waals surface area contributed by atoms with E-state index >= 15 is 0 Å². The van der Waals surface area contributed by atoms with Crippen LogP contribution in [0.3, 0.4) is 0 Å². The monoisotopic (exact) mass is 522 g/mol. The largest absolute Gasteiger partial charge is 0.461 e. The number of amides is 1. The molecule has 5 nitrogen and oxygen atoms in total. The van der Waals surface area contributed by atoms with Crippen LogP contribution >= 0.6 is 0 Å². The lowest BCUT2D eigenvalue weighted by molar-refractivity contribution is -0.253. The average Bonchev–Trinajstić information content (AvgIpc) is 2.83. The molecule has 0 spiro atoms. The molecule has 1 unspecified atom stereocenters. The molecule has 1 aliphatic rings. The fourth-order valence-corrected chi connectivity index (χ4v) is 3.82. The number of piperidine rings is 1. The minimum absolute atomic E-state index is 0.153. The summed E-state index contributed by atoms with van der Waals surface area (Å²) in [6.07, 6.45) is -13.8. The van der Waals surface area contributed by atoms with Crippen molar-refractivity contribution >= 4 is 11.6 Å². The van der Waals surface area contributed by atoms with Crippen molar-refractivity contribution in [3.8, 4) is 5.75 Å². The van der Waals surface area contributed by atoms with E-state index in [0.29, 0.717) is 13.1 Å².